The first-order valence-electron chi connectivity index (χ1n) is 8.55. The Morgan fingerprint density at radius 2 is 2.00 bits per heavy atom. The van der Waals surface area contributed by atoms with E-state index in [4.69, 9.17) is 9.26 Å². The zero-order valence-electron chi connectivity index (χ0n) is 14.0. The summed E-state index contributed by atoms with van der Waals surface area (Å²) in [6, 6.07) is -0.349. The minimum atomic E-state index is -0.349. The van der Waals surface area contributed by atoms with Crippen LogP contribution in [0.5, 0.6) is 0 Å². The molecular weight excluding hydrogens is 312 g/mol. The fourth-order valence-corrected chi connectivity index (χ4v) is 3.40. The number of morpholine rings is 1. The van der Waals surface area contributed by atoms with E-state index in [-0.39, 0.29) is 29.9 Å². The van der Waals surface area contributed by atoms with Gasteiger partial charge in [0.1, 0.15) is 6.04 Å². The summed E-state index contributed by atoms with van der Waals surface area (Å²) in [5.74, 6) is 1.51. The molecule has 2 saturated heterocycles. The standard InChI is InChI=1S/C16H22N4O4/c1-9-13(15-17-14(18-24-15)11-3-4-11)20(5-6-23-9)16(22)12-7-19(8-12)10(2)21/h9,11-13H,3-8H2,1-2H3/t9-,13+/m1/s1. The van der Waals surface area contributed by atoms with Gasteiger partial charge in [0, 0.05) is 32.5 Å². The first kappa shape index (κ1) is 15.6. The van der Waals surface area contributed by atoms with Crippen molar-refractivity contribution in [3.05, 3.63) is 11.7 Å². The molecule has 3 fully saturated rings. The van der Waals surface area contributed by atoms with Crippen molar-refractivity contribution >= 4 is 11.8 Å². The van der Waals surface area contributed by atoms with Gasteiger partial charge in [-0.1, -0.05) is 5.16 Å². The van der Waals surface area contributed by atoms with Crippen molar-refractivity contribution in [3.8, 4) is 0 Å². The average Bonchev–Trinajstić information content (AvgIpc) is 3.23. The van der Waals surface area contributed by atoms with E-state index >= 15 is 0 Å². The van der Waals surface area contributed by atoms with Gasteiger partial charge in [0.2, 0.25) is 11.8 Å². The Kier molecular flexibility index (Phi) is 3.79. The third kappa shape index (κ3) is 2.68. The van der Waals surface area contributed by atoms with E-state index in [1.165, 1.54) is 6.92 Å². The van der Waals surface area contributed by atoms with Crippen molar-refractivity contribution in [1.82, 2.24) is 19.9 Å². The van der Waals surface area contributed by atoms with Gasteiger partial charge in [0.25, 0.3) is 5.89 Å². The molecule has 2 atom stereocenters. The first-order chi connectivity index (χ1) is 11.5. The van der Waals surface area contributed by atoms with Crippen LogP contribution in [0.3, 0.4) is 0 Å². The highest BCUT2D eigenvalue weighted by atomic mass is 16.5. The maximum atomic E-state index is 12.9. The molecule has 130 valence electrons. The summed E-state index contributed by atoms with van der Waals surface area (Å²) in [6.45, 7) is 5.43. The zero-order chi connectivity index (χ0) is 16.8. The molecule has 0 N–H and O–H groups in total. The predicted octanol–water partition coefficient (Wildman–Crippen LogP) is 0.714. The topological polar surface area (TPSA) is 88.8 Å². The minimum absolute atomic E-state index is 0.0110. The first-order valence-corrected chi connectivity index (χ1v) is 8.55. The molecule has 0 unspecified atom stereocenters. The summed E-state index contributed by atoms with van der Waals surface area (Å²) in [7, 11) is 0. The molecule has 0 bridgehead atoms. The van der Waals surface area contributed by atoms with Gasteiger partial charge in [-0.15, -0.1) is 0 Å². The summed E-state index contributed by atoms with van der Waals surface area (Å²) < 4.78 is 11.2. The number of amides is 2. The summed E-state index contributed by atoms with van der Waals surface area (Å²) in [4.78, 5) is 32.2. The predicted molar refractivity (Wildman–Crippen MR) is 81.9 cm³/mol. The molecule has 0 spiro atoms. The third-order valence-corrected chi connectivity index (χ3v) is 5.11. The molecule has 3 aliphatic rings. The van der Waals surface area contributed by atoms with Crippen molar-refractivity contribution in [2.45, 2.75) is 44.8 Å². The summed E-state index contributed by atoms with van der Waals surface area (Å²) in [5, 5.41) is 4.06. The summed E-state index contributed by atoms with van der Waals surface area (Å²) in [6.07, 6.45) is 2.00. The van der Waals surface area contributed by atoms with Crippen molar-refractivity contribution in [1.29, 1.82) is 0 Å². The lowest BCUT2D eigenvalue weighted by Gasteiger charge is -2.44. The van der Waals surface area contributed by atoms with Gasteiger partial charge in [-0.2, -0.15) is 4.98 Å². The zero-order valence-corrected chi connectivity index (χ0v) is 14.0. The maximum absolute atomic E-state index is 12.9. The number of carbonyl (C=O) groups is 2. The van der Waals surface area contributed by atoms with Crippen LogP contribution in [-0.2, 0) is 14.3 Å². The Morgan fingerprint density at radius 1 is 1.25 bits per heavy atom. The number of rotatable bonds is 3. The van der Waals surface area contributed by atoms with Crippen LogP contribution >= 0.6 is 0 Å². The van der Waals surface area contributed by atoms with E-state index < -0.39 is 0 Å². The Morgan fingerprint density at radius 3 is 2.67 bits per heavy atom. The van der Waals surface area contributed by atoms with Gasteiger partial charge in [-0.25, -0.2) is 0 Å². The fraction of sp³-hybridized carbons (Fsp3) is 0.750. The third-order valence-electron chi connectivity index (χ3n) is 5.11. The quantitative estimate of drug-likeness (QED) is 0.809. The molecule has 1 saturated carbocycles. The molecule has 2 amide bonds. The van der Waals surface area contributed by atoms with E-state index in [0.717, 1.165) is 18.7 Å². The van der Waals surface area contributed by atoms with Crippen molar-refractivity contribution in [3.63, 3.8) is 0 Å². The maximum Gasteiger partial charge on any atom is 0.252 e. The lowest BCUT2D eigenvalue weighted by atomic mass is 9.96. The normalized spacial score (nSPS) is 27.9. The Labute approximate surface area is 140 Å². The van der Waals surface area contributed by atoms with Crippen LogP contribution in [0.25, 0.3) is 0 Å². The van der Waals surface area contributed by atoms with E-state index in [2.05, 4.69) is 10.1 Å². The van der Waals surface area contributed by atoms with Crippen LogP contribution < -0.4 is 0 Å². The molecule has 8 nitrogen and oxygen atoms in total. The monoisotopic (exact) mass is 334 g/mol. The van der Waals surface area contributed by atoms with Crippen molar-refractivity contribution in [2.24, 2.45) is 5.92 Å². The smallest absolute Gasteiger partial charge is 0.252 e. The molecule has 24 heavy (non-hydrogen) atoms. The number of hydrogen-bond acceptors (Lipinski definition) is 6. The van der Waals surface area contributed by atoms with Crippen LogP contribution in [0.4, 0.5) is 0 Å². The van der Waals surface area contributed by atoms with Crippen LogP contribution in [0, 0.1) is 5.92 Å². The van der Waals surface area contributed by atoms with Crippen LogP contribution in [0.2, 0.25) is 0 Å². The van der Waals surface area contributed by atoms with Crippen LogP contribution in [0.15, 0.2) is 4.52 Å². The lowest BCUT2D eigenvalue weighted by Crippen LogP contribution is -2.58. The molecule has 8 heteroatoms. The second kappa shape index (κ2) is 5.84. The molecule has 1 aliphatic carbocycles. The van der Waals surface area contributed by atoms with Gasteiger partial charge in [-0.05, 0) is 19.8 Å². The van der Waals surface area contributed by atoms with Gasteiger partial charge in [-0.3, -0.25) is 9.59 Å². The second-order valence-corrected chi connectivity index (χ2v) is 6.94. The minimum Gasteiger partial charge on any atom is -0.374 e. The molecule has 2 aliphatic heterocycles. The summed E-state index contributed by atoms with van der Waals surface area (Å²) >= 11 is 0. The van der Waals surface area contributed by atoms with Gasteiger partial charge >= 0.3 is 0 Å². The molecule has 1 aromatic rings. The van der Waals surface area contributed by atoms with Crippen molar-refractivity contribution < 1.29 is 18.8 Å². The van der Waals surface area contributed by atoms with Gasteiger partial charge < -0.3 is 19.1 Å². The number of likely N-dealkylation sites (tertiary alicyclic amines) is 1. The van der Waals surface area contributed by atoms with E-state index in [9.17, 15) is 9.59 Å². The molecule has 3 heterocycles. The molecule has 0 radical (unpaired) electrons. The highest BCUT2D eigenvalue weighted by Gasteiger charge is 2.44. The number of hydrogen-bond donors (Lipinski definition) is 0. The van der Waals surface area contributed by atoms with Crippen LogP contribution in [-0.4, -0.2) is 64.1 Å². The average molecular weight is 334 g/mol. The molecule has 1 aromatic heterocycles. The summed E-state index contributed by atoms with van der Waals surface area (Å²) in [5.41, 5.74) is 0. The highest BCUT2D eigenvalue weighted by molar-refractivity contribution is 5.84. The molecule has 0 aromatic carbocycles. The fourth-order valence-electron chi connectivity index (χ4n) is 3.40. The second-order valence-electron chi connectivity index (χ2n) is 6.94. The number of carbonyl (C=O) groups excluding carboxylic acids is 2. The lowest BCUT2D eigenvalue weighted by molar-refractivity contribution is -0.159. The van der Waals surface area contributed by atoms with E-state index in [1.807, 2.05) is 6.92 Å². The molecule has 4 rings (SSSR count). The molecular formula is C16H22N4O4. The Balaban J connectivity index is 1.51. The van der Waals surface area contributed by atoms with Gasteiger partial charge in [0.05, 0.1) is 18.6 Å². The number of nitrogens with zero attached hydrogens (tertiary/aromatic N) is 4. The Bertz CT molecular complexity index is 650. The Hall–Kier alpha value is -1.96. The van der Waals surface area contributed by atoms with Gasteiger partial charge in [0.15, 0.2) is 5.82 Å². The number of ether oxygens (including phenoxy) is 1. The highest BCUT2D eigenvalue weighted by Crippen LogP contribution is 2.39. The van der Waals surface area contributed by atoms with Crippen molar-refractivity contribution in [2.75, 3.05) is 26.2 Å². The SMILES string of the molecule is CC(=O)N1CC(C(=O)N2CCO[C@H](C)[C@H]2c2nc(C3CC3)no2)C1. The van der Waals surface area contributed by atoms with Crippen LogP contribution in [0.1, 0.15) is 50.4 Å². The largest absolute Gasteiger partial charge is 0.374 e. The number of aromatic nitrogens is 2. The van der Waals surface area contributed by atoms with E-state index in [1.54, 1.807) is 9.80 Å². The van der Waals surface area contributed by atoms with E-state index in [0.29, 0.717) is 38.0 Å².